The number of nitrogens with one attached hydrogen (secondary N) is 1. The summed E-state index contributed by atoms with van der Waals surface area (Å²) in [6, 6.07) is 5.34. The van der Waals surface area contributed by atoms with Crippen LogP contribution in [0, 0.1) is 18.6 Å². The van der Waals surface area contributed by atoms with Crippen LogP contribution >= 0.6 is 0 Å². The van der Waals surface area contributed by atoms with Crippen LogP contribution in [-0.2, 0) is 4.79 Å². The summed E-state index contributed by atoms with van der Waals surface area (Å²) in [5.74, 6) is -1.37. The largest absolute Gasteiger partial charge is 0.396 e. The number of hydrogen-bond acceptors (Lipinski definition) is 4. The number of nitrogen functional groups attached to an aromatic ring is 1. The van der Waals surface area contributed by atoms with Crippen molar-refractivity contribution in [2.24, 2.45) is 0 Å². The zero-order chi connectivity index (χ0) is 17.4. The first-order valence-corrected chi connectivity index (χ1v) is 7.15. The predicted molar refractivity (Wildman–Crippen MR) is 88.3 cm³/mol. The number of aromatic nitrogens is 2. The number of fused-ring (bicyclic) bond motifs is 1. The Hall–Kier alpha value is -3.09. The van der Waals surface area contributed by atoms with Crippen molar-refractivity contribution in [2.45, 2.75) is 13.8 Å². The maximum absolute atomic E-state index is 14.1. The molecule has 0 aliphatic rings. The second-order valence-corrected chi connectivity index (χ2v) is 5.42. The third-order valence-electron chi connectivity index (χ3n) is 3.57. The van der Waals surface area contributed by atoms with E-state index < -0.39 is 11.6 Å². The Morgan fingerprint density at radius 3 is 2.58 bits per heavy atom. The molecule has 7 heteroatoms. The van der Waals surface area contributed by atoms with Crippen LogP contribution in [0.1, 0.15) is 12.6 Å². The molecule has 0 saturated carbocycles. The number of pyridine rings is 2. The third kappa shape index (κ3) is 2.88. The number of carbonyl (C=O) groups excluding carboxylic acids is 1. The Kier molecular flexibility index (Phi) is 3.84. The van der Waals surface area contributed by atoms with Crippen molar-refractivity contribution in [1.29, 1.82) is 0 Å². The number of aryl methyl sites for hydroxylation is 1. The molecule has 3 rings (SSSR count). The number of rotatable bonds is 2. The Morgan fingerprint density at radius 1 is 1.12 bits per heavy atom. The van der Waals surface area contributed by atoms with Gasteiger partial charge in [0.25, 0.3) is 0 Å². The van der Waals surface area contributed by atoms with Gasteiger partial charge in [-0.1, -0.05) is 0 Å². The van der Waals surface area contributed by atoms with Crippen molar-refractivity contribution in [2.75, 3.05) is 11.1 Å². The lowest BCUT2D eigenvalue weighted by Crippen LogP contribution is -2.07. The molecule has 2 aromatic heterocycles. The van der Waals surface area contributed by atoms with Gasteiger partial charge in [0.05, 0.1) is 11.2 Å². The van der Waals surface area contributed by atoms with E-state index in [0.29, 0.717) is 28.0 Å². The quantitative estimate of drug-likeness (QED) is 0.706. The minimum Gasteiger partial charge on any atom is -0.396 e. The van der Waals surface area contributed by atoms with E-state index in [1.54, 1.807) is 19.1 Å². The molecule has 0 spiro atoms. The number of carbonyl (C=O) groups is 1. The monoisotopic (exact) mass is 328 g/mol. The van der Waals surface area contributed by atoms with Crippen molar-refractivity contribution in [3.8, 4) is 11.1 Å². The van der Waals surface area contributed by atoms with Crippen molar-refractivity contribution in [3.05, 3.63) is 47.8 Å². The summed E-state index contributed by atoms with van der Waals surface area (Å²) in [4.78, 5) is 19.6. The van der Waals surface area contributed by atoms with E-state index in [1.165, 1.54) is 19.2 Å². The van der Waals surface area contributed by atoms with Crippen LogP contribution in [0.3, 0.4) is 0 Å². The second kappa shape index (κ2) is 5.84. The Morgan fingerprint density at radius 2 is 1.88 bits per heavy atom. The van der Waals surface area contributed by atoms with Gasteiger partial charge in [-0.15, -0.1) is 0 Å². The minimum absolute atomic E-state index is 0.134. The number of nitrogens with two attached hydrogens (primary N) is 1. The average Bonchev–Trinajstić information content (AvgIpc) is 2.50. The van der Waals surface area contributed by atoms with Gasteiger partial charge in [0.1, 0.15) is 17.5 Å². The fraction of sp³-hybridized carbons (Fsp3) is 0.118. The van der Waals surface area contributed by atoms with Gasteiger partial charge in [-0.25, -0.2) is 13.8 Å². The first-order valence-electron chi connectivity index (χ1n) is 7.15. The lowest BCUT2D eigenvalue weighted by Gasteiger charge is -2.11. The fourth-order valence-electron chi connectivity index (χ4n) is 2.46. The molecular formula is C17H14F2N4O. The molecule has 24 heavy (non-hydrogen) atoms. The van der Waals surface area contributed by atoms with Crippen molar-refractivity contribution < 1.29 is 13.6 Å². The number of amides is 1. The van der Waals surface area contributed by atoms with Crippen LogP contribution in [0.25, 0.3) is 22.0 Å². The number of hydrogen-bond donors (Lipinski definition) is 2. The zero-order valence-electron chi connectivity index (χ0n) is 13.0. The van der Waals surface area contributed by atoms with E-state index in [4.69, 9.17) is 5.73 Å². The molecule has 0 saturated heterocycles. The SMILES string of the molecule is CC(=O)Nc1cc2nc(C)c(-c3cc(N)c(F)cc3F)cc2cn1. The van der Waals surface area contributed by atoms with Crippen molar-refractivity contribution in [3.63, 3.8) is 0 Å². The molecule has 122 valence electrons. The maximum atomic E-state index is 14.1. The van der Waals surface area contributed by atoms with Gasteiger partial charge >= 0.3 is 0 Å². The van der Waals surface area contributed by atoms with Crippen LogP contribution < -0.4 is 11.1 Å². The van der Waals surface area contributed by atoms with Gasteiger partial charge in [0.2, 0.25) is 5.91 Å². The summed E-state index contributed by atoms with van der Waals surface area (Å²) in [6.07, 6.45) is 1.53. The molecule has 0 atom stereocenters. The highest BCUT2D eigenvalue weighted by molar-refractivity contribution is 5.91. The molecule has 0 fully saturated rings. The number of halogens is 2. The summed E-state index contributed by atoms with van der Waals surface area (Å²) >= 11 is 0. The molecule has 3 aromatic rings. The predicted octanol–water partition coefficient (Wildman–Crippen LogP) is 3.42. The molecule has 0 radical (unpaired) electrons. The molecule has 1 aromatic carbocycles. The molecule has 0 aliphatic carbocycles. The van der Waals surface area contributed by atoms with Crippen molar-refractivity contribution in [1.82, 2.24) is 9.97 Å². The summed E-state index contributed by atoms with van der Waals surface area (Å²) < 4.78 is 27.5. The van der Waals surface area contributed by atoms with Gasteiger partial charge in [-0.05, 0) is 19.1 Å². The highest BCUT2D eigenvalue weighted by atomic mass is 19.1. The first kappa shape index (κ1) is 15.8. The molecule has 2 heterocycles. The Bertz CT molecular complexity index is 972. The highest BCUT2D eigenvalue weighted by Gasteiger charge is 2.14. The van der Waals surface area contributed by atoms with Crippen LogP contribution in [-0.4, -0.2) is 15.9 Å². The lowest BCUT2D eigenvalue weighted by atomic mass is 10.0. The number of benzene rings is 1. The molecule has 1 amide bonds. The van der Waals surface area contributed by atoms with Gasteiger partial charge in [0, 0.05) is 47.5 Å². The summed E-state index contributed by atoms with van der Waals surface area (Å²) in [5, 5.41) is 3.24. The smallest absolute Gasteiger partial charge is 0.222 e. The Labute approximate surface area is 136 Å². The average molecular weight is 328 g/mol. The summed E-state index contributed by atoms with van der Waals surface area (Å²) in [5.41, 5.74) is 7.23. The molecule has 0 unspecified atom stereocenters. The fourth-order valence-corrected chi connectivity index (χ4v) is 2.46. The minimum atomic E-state index is -0.802. The van der Waals surface area contributed by atoms with Gasteiger partial charge < -0.3 is 11.1 Å². The van der Waals surface area contributed by atoms with E-state index in [2.05, 4.69) is 15.3 Å². The van der Waals surface area contributed by atoms with Crippen LogP contribution in [0.5, 0.6) is 0 Å². The summed E-state index contributed by atoms with van der Waals surface area (Å²) in [6.45, 7) is 3.10. The number of nitrogens with zero attached hydrogens (tertiary/aromatic N) is 2. The topological polar surface area (TPSA) is 80.9 Å². The van der Waals surface area contributed by atoms with Crippen LogP contribution in [0.2, 0.25) is 0 Å². The molecule has 0 aliphatic heterocycles. The lowest BCUT2D eigenvalue weighted by molar-refractivity contribution is -0.114. The van der Waals surface area contributed by atoms with Gasteiger partial charge in [-0.3, -0.25) is 9.78 Å². The Balaban J connectivity index is 2.15. The highest BCUT2D eigenvalue weighted by Crippen LogP contribution is 2.31. The van der Waals surface area contributed by atoms with E-state index in [9.17, 15) is 13.6 Å². The van der Waals surface area contributed by atoms with Crippen molar-refractivity contribution >= 4 is 28.3 Å². The van der Waals surface area contributed by atoms with Gasteiger partial charge in [-0.2, -0.15) is 0 Å². The maximum Gasteiger partial charge on any atom is 0.222 e. The third-order valence-corrected chi connectivity index (χ3v) is 3.57. The second-order valence-electron chi connectivity index (χ2n) is 5.42. The molecular weight excluding hydrogens is 314 g/mol. The first-order chi connectivity index (χ1) is 11.3. The van der Waals surface area contributed by atoms with E-state index in [-0.39, 0.29) is 17.2 Å². The van der Waals surface area contributed by atoms with E-state index in [1.807, 2.05) is 0 Å². The molecule has 5 nitrogen and oxygen atoms in total. The van der Waals surface area contributed by atoms with Crippen LogP contribution in [0.4, 0.5) is 20.3 Å². The standard InChI is InChI=1S/C17H14F2N4O/c1-8-11(12-4-15(20)14(19)5-13(12)18)3-10-7-21-17(23-9(2)24)6-16(10)22-8/h3-7H,20H2,1-2H3,(H,21,23,24). The van der Waals surface area contributed by atoms with Gasteiger partial charge in [0.15, 0.2) is 0 Å². The zero-order valence-corrected chi connectivity index (χ0v) is 13.0. The number of anilines is 2. The van der Waals surface area contributed by atoms with Crippen LogP contribution in [0.15, 0.2) is 30.5 Å². The van der Waals surface area contributed by atoms with E-state index >= 15 is 0 Å². The summed E-state index contributed by atoms with van der Waals surface area (Å²) in [7, 11) is 0. The van der Waals surface area contributed by atoms with E-state index in [0.717, 1.165) is 6.07 Å². The normalized spacial score (nSPS) is 10.8. The molecule has 3 N–H and O–H groups in total. The molecule has 0 bridgehead atoms.